The van der Waals surface area contributed by atoms with E-state index >= 15 is 0 Å². The molecule has 0 spiro atoms. The number of benzene rings is 1. The van der Waals surface area contributed by atoms with Crippen LogP contribution in [-0.2, 0) is 17.7 Å². The SMILES string of the molecule is c1ccc(Cc2noc(CN3CCN(C[C@@H]4CCCO4)CC3)n2)cc1. The van der Waals surface area contributed by atoms with Crippen molar-refractivity contribution in [3.63, 3.8) is 0 Å². The quantitative estimate of drug-likeness (QED) is 0.800. The molecule has 6 nitrogen and oxygen atoms in total. The predicted molar refractivity (Wildman–Crippen MR) is 94.2 cm³/mol. The average molecular weight is 342 g/mol. The molecule has 3 heterocycles. The molecule has 0 N–H and O–H groups in total. The summed E-state index contributed by atoms with van der Waals surface area (Å²) in [7, 11) is 0. The molecule has 2 saturated heterocycles. The molecule has 1 aromatic heterocycles. The third kappa shape index (κ3) is 4.66. The first-order valence-corrected chi connectivity index (χ1v) is 9.27. The lowest BCUT2D eigenvalue weighted by Gasteiger charge is -2.34. The number of nitrogens with zero attached hydrogens (tertiary/aromatic N) is 4. The Hall–Kier alpha value is -1.76. The summed E-state index contributed by atoms with van der Waals surface area (Å²) in [5, 5.41) is 4.12. The van der Waals surface area contributed by atoms with Gasteiger partial charge in [-0.3, -0.25) is 9.80 Å². The van der Waals surface area contributed by atoms with Gasteiger partial charge < -0.3 is 9.26 Å². The smallest absolute Gasteiger partial charge is 0.240 e. The van der Waals surface area contributed by atoms with Crippen LogP contribution in [-0.4, -0.2) is 65.4 Å². The summed E-state index contributed by atoms with van der Waals surface area (Å²) in [4.78, 5) is 9.46. The first-order valence-electron chi connectivity index (χ1n) is 9.27. The van der Waals surface area contributed by atoms with Crippen molar-refractivity contribution in [2.75, 3.05) is 39.3 Å². The van der Waals surface area contributed by atoms with Crippen LogP contribution in [0.4, 0.5) is 0 Å². The van der Waals surface area contributed by atoms with Gasteiger partial charge in [-0.15, -0.1) is 0 Å². The number of piperazine rings is 1. The number of ether oxygens (including phenoxy) is 1. The van der Waals surface area contributed by atoms with E-state index < -0.39 is 0 Å². The molecule has 6 heteroatoms. The minimum absolute atomic E-state index is 0.447. The van der Waals surface area contributed by atoms with Gasteiger partial charge in [0.05, 0.1) is 12.6 Å². The van der Waals surface area contributed by atoms with Crippen LogP contribution < -0.4 is 0 Å². The summed E-state index contributed by atoms with van der Waals surface area (Å²) in [5.41, 5.74) is 1.21. The van der Waals surface area contributed by atoms with Crippen LogP contribution in [0.25, 0.3) is 0 Å². The molecule has 1 aromatic carbocycles. The molecule has 0 bridgehead atoms. The molecule has 0 amide bonds. The van der Waals surface area contributed by atoms with Crippen molar-refractivity contribution in [3.8, 4) is 0 Å². The Kier molecular flexibility index (Phi) is 5.40. The topological polar surface area (TPSA) is 54.6 Å². The van der Waals surface area contributed by atoms with E-state index in [1.165, 1.54) is 18.4 Å². The number of aromatic nitrogens is 2. The Morgan fingerprint density at radius 3 is 2.60 bits per heavy atom. The van der Waals surface area contributed by atoms with Gasteiger partial charge in [0.25, 0.3) is 0 Å². The first-order chi connectivity index (χ1) is 12.3. The molecule has 0 aliphatic carbocycles. The summed E-state index contributed by atoms with van der Waals surface area (Å²) in [6.07, 6.45) is 3.60. The van der Waals surface area contributed by atoms with Crippen molar-refractivity contribution in [1.29, 1.82) is 0 Å². The van der Waals surface area contributed by atoms with Crippen LogP contribution in [0.5, 0.6) is 0 Å². The van der Waals surface area contributed by atoms with E-state index in [9.17, 15) is 0 Å². The van der Waals surface area contributed by atoms with Gasteiger partial charge in [-0.05, 0) is 18.4 Å². The lowest BCUT2D eigenvalue weighted by molar-refractivity contribution is 0.0468. The van der Waals surface area contributed by atoms with Gasteiger partial charge in [0, 0.05) is 45.8 Å². The Labute approximate surface area is 148 Å². The van der Waals surface area contributed by atoms with Gasteiger partial charge >= 0.3 is 0 Å². The maximum Gasteiger partial charge on any atom is 0.240 e. The first kappa shape index (κ1) is 16.7. The standard InChI is InChI=1S/C19H26N4O2/c1-2-5-16(6-3-1)13-18-20-19(25-21-18)15-23-10-8-22(9-11-23)14-17-7-4-12-24-17/h1-3,5-6,17H,4,7-15H2/t17-/m0/s1. The number of rotatable bonds is 6. The van der Waals surface area contributed by atoms with Crippen LogP contribution in [0.15, 0.2) is 34.9 Å². The van der Waals surface area contributed by atoms with Crippen molar-refractivity contribution >= 4 is 0 Å². The Morgan fingerprint density at radius 2 is 1.84 bits per heavy atom. The highest BCUT2D eigenvalue weighted by Crippen LogP contribution is 2.15. The van der Waals surface area contributed by atoms with Crippen molar-refractivity contribution in [3.05, 3.63) is 47.6 Å². The molecule has 2 fully saturated rings. The van der Waals surface area contributed by atoms with Gasteiger partial charge in [0.1, 0.15) is 0 Å². The van der Waals surface area contributed by atoms with Gasteiger partial charge in [0.2, 0.25) is 5.89 Å². The summed E-state index contributed by atoms with van der Waals surface area (Å²) in [6.45, 7) is 7.03. The summed E-state index contributed by atoms with van der Waals surface area (Å²) >= 11 is 0. The van der Waals surface area contributed by atoms with Crippen LogP contribution in [0.2, 0.25) is 0 Å². The molecule has 0 saturated carbocycles. The van der Waals surface area contributed by atoms with Crippen molar-refractivity contribution in [2.24, 2.45) is 0 Å². The van der Waals surface area contributed by atoms with E-state index in [0.29, 0.717) is 6.10 Å². The van der Waals surface area contributed by atoms with Gasteiger partial charge in [0.15, 0.2) is 5.82 Å². The molecule has 4 rings (SSSR count). The fourth-order valence-corrected chi connectivity index (χ4v) is 3.60. The fraction of sp³-hybridized carbons (Fsp3) is 0.579. The molecule has 0 radical (unpaired) electrons. The molecular weight excluding hydrogens is 316 g/mol. The summed E-state index contributed by atoms with van der Waals surface area (Å²) in [5.74, 6) is 1.48. The molecule has 2 aliphatic rings. The second-order valence-electron chi connectivity index (χ2n) is 6.98. The molecular formula is C19H26N4O2. The Morgan fingerprint density at radius 1 is 1.04 bits per heavy atom. The van der Waals surface area contributed by atoms with E-state index in [-0.39, 0.29) is 0 Å². The highest BCUT2D eigenvalue weighted by molar-refractivity contribution is 5.18. The summed E-state index contributed by atoms with van der Waals surface area (Å²) < 4.78 is 11.2. The van der Waals surface area contributed by atoms with Gasteiger partial charge in [-0.25, -0.2) is 0 Å². The Balaban J connectivity index is 1.23. The van der Waals surface area contributed by atoms with E-state index in [1.807, 2.05) is 18.2 Å². The third-order valence-corrected chi connectivity index (χ3v) is 5.02. The van der Waals surface area contributed by atoms with E-state index in [2.05, 4.69) is 32.1 Å². The second kappa shape index (κ2) is 8.08. The highest BCUT2D eigenvalue weighted by atomic mass is 16.5. The van der Waals surface area contributed by atoms with Crippen molar-refractivity contribution < 1.29 is 9.26 Å². The largest absolute Gasteiger partial charge is 0.377 e. The minimum Gasteiger partial charge on any atom is -0.377 e. The van der Waals surface area contributed by atoms with Gasteiger partial charge in [-0.2, -0.15) is 4.98 Å². The van der Waals surface area contributed by atoms with E-state index in [0.717, 1.165) is 64.0 Å². The third-order valence-electron chi connectivity index (χ3n) is 5.02. The second-order valence-corrected chi connectivity index (χ2v) is 6.98. The van der Waals surface area contributed by atoms with E-state index in [1.54, 1.807) is 0 Å². The number of hydrogen-bond acceptors (Lipinski definition) is 6. The summed E-state index contributed by atoms with van der Waals surface area (Å²) in [6, 6.07) is 10.3. The van der Waals surface area contributed by atoms with Crippen LogP contribution >= 0.6 is 0 Å². The van der Waals surface area contributed by atoms with Crippen LogP contribution in [0.3, 0.4) is 0 Å². The Bertz CT molecular complexity index is 646. The van der Waals surface area contributed by atoms with Gasteiger partial charge in [-0.1, -0.05) is 35.5 Å². The number of hydrogen-bond donors (Lipinski definition) is 0. The maximum absolute atomic E-state index is 5.74. The predicted octanol–water partition coefficient (Wildman–Crippen LogP) is 1.96. The van der Waals surface area contributed by atoms with Crippen molar-refractivity contribution in [2.45, 2.75) is 31.9 Å². The maximum atomic E-state index is 5.74. The zero-order valence-corrected chi connectivity index (χ0v) is 14.6. The molecule has 1 atom stereocenters. The fourth-order valence-electron chi connectivity index (χ4n) is 3.60. The van der Waals surface area contributed by atoms with Crippen LogP contribution in [0, 0.1) is 0 Å². The van der Waals surface area contributed by atoms with Crippen molar-refractivity contribution in [1.82, 2.24) is 19.9 Å². The molecule has 134 valence electrons. The van der Waals surface area contributed by atoms with E-state index in [4.69, 9.17) is 9.26 Å². The zero-order chi connectivity index (χ0) is 16.9. The monoisotopic (exact) mass is 342 g/mol. The van der Waals surface area contributed by atoms with Crippen LogP contribution in [0.1, 0.15) is 30.1 Å². The molecule has 2 aromatic rings. The minimum atomic E-state index is 0.447. The lowest BCUT2D eigenvalue weighted by Crippen LogP contribution is -2.48. The lowest BCUT2D eigenvalue weighted by atomic mass is 10.1. The zero-order valence-electron chi connectivity index (χ0n) is 14.6. The molecule has 0 unspecified atom stereocenters. The molecule has 25 heavy (non-hydrogen) atoms. The highest BCUT2D eigenvalue weighted by Gasteiger charge is 2.23. The average Bonchev–Trinajstić information content (AvgIpc) is 3.30. The molecule has 2 aliphatic heterocycles. The normalized spacial score (nSPS) is 22.5.